The van der Waals surface area contributed by atoms with Crippen LogP contribution in [-0.4, -0.2) is 32.6 Å². The van der Waals surface area contributed by atoms with Crippen molar-refractivity contribution < 1.29 is 9.59 Å². The number of H-pyrrole nitrogens is 1. The summed E-state index contributed by atoms with van der Waals surface area (Å²) in [7, 11) is 0. The van der Waals surface area contributed by atoms with Crippen LogP contribution in [0.3, 0.4) is 0 Å². The summed E-state index contributed by atoms with van der Waals surface area (Å²) in [6.45, 7) is 0. The predicted molar refractivity (Wildman–Crippen MR) is 90.0 cm³/mol. The number of fused-ring (bicyclic) bond motifs is 2. The lowest BCUT2D eigenvalue weighted by Gasteiger charge is -2.12. The first-order valence-corrected chi connectivity index (χ1v) is 8.21. The molecule has 1 aromatic heterocycles. The number of carbonyl (C=O) groups is 2. The van der Waals surface area contributed by atoms with Crippen LogP contribution in [0.1, 0.15) is 20.7 Å². The molecule has 0 saturated heterocycles. The van der Waals surface area contributed by atoms with Crippen LogP contribution < -0.4 is 5.56 Å². The van der Waals surface area contributed by atoms with E-state index in [0.717, 1.165) is 16.7 Å². The van der Waals surface area contributed by atoms with Crippen molar-refractivity contribution in [2.45, 2.75) is 5.16 Å². The van der Waals surface area contributed by atoms with Gasteiger partial charge in [0.2, 0.25) is 0 Å². The van der Waals surface area contributed by atoms with E-state index >= 15 is 0 Å². The largest absolute Gasteiger partial charge is 0.301 e. The maximum Gasteiger partial charge on any atom is 0.262 e. The van der Waals surface area contributed by atoms with Gasteiger partial charge >= 0.3 is 0 Å². The fraction of sp³-hybridized carbons (Fsp3) is 0.0588. The Morgan fingerprint density at radius 3 is 2.25 bits per heavy atom. The minimum atomic E-state index is -0.328. The third-order valence-electron chi connectivity index (χ3n) is 3.80. The second-order valence-corrected chi connectivity index (χ2v) is 6.18. The van der Waals surface area contributed by atoms with Gasteiger partial charge in [-0.25, -0.2) is 4.98 Å². The van der Waals surface area contributed by atoms with Crippen LogP contribution in [0.2, 0.25) is 0 Å². The van der Waals surface area contributed by atoms with Gasteiger partial charge in [-0.1, -0.05) is 36.0 Å². The van der Waals surface area contributed by atoms with Gasteiger partial charge < -0.3 is 4.98 Å². The zero-order chi connectivity index (χ0) is 16.7. The van der Waals surface area contributed by atoms with Crippen LogP contribution in [-0.2, 0) is 0 Å². The maximum atomic E-state index is 12.3. The van der Waals surface area contributed by atoms with Crippen LogP contribution in [0.5, 0.6) is 0 Å². The van der Waals surface area contributed by atoms with Gasteiger partial charge in [0.1, 0.15) is 0 Å². The van der Waals surface area contributed by atoms with Gasteiger partial charge in [-0.05, 0) is 24.3 Å². The average Bonchev–Trinajstić information content (AvgIpc) is 2.85. The van der Waals surface area contributed by atoms with E-state index in [4.69, 9.17) is 0 Å². The Morgan fingerprint density at radius 1 is 0.917 bits per heavy atom. The zero-order valence-corrected chi connectivity index (χ0v) is 13.2. The number of imide groups is 1. The van der Waals surface area contributed by atoms with Crippen LogP contribution in [0.15, 0.2) is 58.5 Å². The normalized spacial score (nSPS) is 13.6. The lowest BCUT2D eigenvalue weighted by Crippen LogP contribution is -2.29. The van der Waals surface area contributed by atoms with Crippen molar-refractivity contribution in [3.63, 3.8) is 0 Å². The lowest BCUT2D eigenvalue weighted by atomic mass is 10.1. The quantitative estimate of drug-likeness (QED) is 0.450. The van der Waals surface area contributed by atoms with Crippen LogP contribution in [0, 0.1) is 0 Å². The summed E-state index contributed by atoms with van der Waals surface area (Å²) in [5.41, 5.74) is 1.14. The molecule has 0 radical (unpaired) electrons. The number of carbonyl (C=O) groups excluding carboxylic acids is 2. The number of rotatable bonds is 3. The summed E-state index contributed by atoms with van der Waals surface area (Å²) < 4.78 is 0. The topological polar surface area (TPSA) is 83.1 Å². The van der Waals surface area contributed by atoms with Crippen molar-refractivity contribution in [3.8, 4) is 0 Å². The Hall–Kier alpha value is -2.93. The molecule has 3 aromatic rings. The first-order chi connectivity index (χ1) is 11.6. The molecule has 118 valence electrons. The molecular weight excluding hydrogens is 326 g/mol. The molecule has 24 heavy (non-hydrogen) atoms. The number of amides is 2. The molecule has 0 unspecified atom stereocenters. The first-order valence-electron chi connectivity index (χ1n) is 7.22. The highest BCUT2D eigenvalue weighted by Gasteiger charge is 2.35. The molecule has 4 rings (SSSR count). The molecule has 1 aliphatic heterocycles. The Bertz CT molecular complexity index is 1010. The molecule has 0 bridgehead atoms. The third-order valence-corrected chi connectivity index (χ3v) is 4.65. The SMILES string of the molecule is O=C1c2ccccc2C(=O)N1CSc1nc2ccccc2c(=O)[nH]1. The average molecular weight is 337 g/mol. The van der Waals surface area contributed by atoms with Crippen LogP contribution in [0.4, 0.5) is 0 Å². The van der Waals surface area contributed by atoms with Crippen molar-refractivity contribution in [1.82, 2.24) is 14.9 Å². The first kappa shape index (κ1) is 14.6. The molecule has 0 fully saturated rings. The molecule has 1 N–H and O–H groups in total. The smallest absolute Gasteiger partial charge is 0.262 e. The van der Waals surface area contributed by atoms with E-state index in [0.29, 0.717) is 27.2 Å². The molecule has 2 aromatic carbocycles. The number of nitrogens with zero attached hydrogens (tertiary/aromatic N) is 2. The highest BCUT2D eigenvalue weighted by molar-refractivity contribution is 7.99. The van der Waals surface area contributed by atoms with Crippen molar-refractivity contribution >= 4 is 34.5 Å². The second kappa shape index (κ2) is 5.61. The van der Waals surface area contributed by atoms with E-state index < -0.39 is 0 Å². The van der Waals surface area contributed by atoms with Gasteiger partial charge in [0.15, 0.2) is 5.16 Å². The Balaban J connectivity index is 1.59. The van der Waals surface area contributed by atoms with Gasteiger partial charge in [0, 0.05) is 0 Å². The van der Waals surface area contributed by atoms with E-state index in [2.05, 4.69) is 9.97 Å². The standard InChI is InChI=1S/C17H11N3O3S/c21-14-12-7-3-4-8-13(12)18-17(19-14)24-9-20-15(22)10-5-1-2-6-11(10)16(20)23/h1-8H,9H2,(H,18,19,21). The number of aromatic nitrogens is 2. The van der Waals surface area contributed by atoms with Gasteiger partial charge in [-0.3, -0.25) is 19.3 Å². The summed E-state index contributed by atoms with van der Waals surface area (Å²) >= 11 is 1.14. The summed E-state index contributed by atoms with van der Waals surface area (Å²) in [6.07, 6.45) is 0. The maximum absolute atomic E-state index is 12.3. The summed E-state index contributed by atoms with van der Waals surface area (Å²) in [4.78, 5) is 44.8. The fourth-order valence-electron chi connectivity index (χ4n) is 2.62. The monoisotopic (exact) mass is 337 g/mol. The van der Waals surface area contributed by atoms with E-state index in [-0.39, 0.29) is 23.3 Å². The van der Waals surface area contributed by atoms with E-state index in [9.17, 15) is 14.4 Å². The van der Waals surface area contributed by atoms with Gasteiger partial charge in [0.05, 0.1) is 27.9 Å². The number of thioether (sulfide) groups is 1. The number of nitrogens with one attached hydrogen (secondary N) is 1. The summed E-state index contributed by atoms with van der Waals surface area (Å²) in [5, 5.41) is 0.873. The molecule has 0 aliphatic carbocycles. The molecule has 7 heteroatoms. The Morgan fingerprint density at radius 2 is 1.54 bits per heavy atom. The van der Waals surface area contributed by atoms with Gasteiger partial charge in [0.25, 0.3) is 17.4 Å². The Labute approximate surface area is 140 Å². The van der Waals surface area contributed by atoms with Crippen molar-refractivity contribution in [2.24, 2.45) is 0 Å². The van der Waals surface area contributed by atoms with Crippen molar-refractivity contribution in [3.05, 3.63) is 70.0 Å². The summed E-state index contributed by atoms with van der Waals surface area (Å²) in [6, 6.07) is 13.7. The number of para-hydroxylation sites is 1. The highest BCUT2D eigenvalue weighted by atomic mass is 32.2. The van der Waals surface area contributed by atoms with Crippen molar-refractivity contribution in [1.29, 1.82) is 0 Å². The molecular formula is C17H11N3O3S. The molecule has 0 spiro atoms. The van der Waals surface area contributed by atoms with Gasteiger partial charge in [-0.2, -0.15) is 0 Å². The fourth-order valence-corrected chi connectivity index (χ4v) is 3.43. The van der Waals surface area contributed by atoms with Crippen molar-refractivity contribution in [2.75, 3.05) is 5.88 Å². The number of aromatic amines is 1. The minimum Gasteiger partial charge on any atom is -0.301 e. The predicted octanol–water partition coefficient (Wildman–Crippen LogP) is 2.27. The van der Waals surface area contributed by atoms with E-state index in [1.54, 1.807) is 48.5 Å². The molecule has 1 aliphatic rings. The zero-order valence-electron chi connectivity index (χ0n) is 12.4. The minimum absolute atomic E-state index is 0.0909. The molecule has 0 atom stereocenters. The molecule has 6 nitrogen and oxygen atoms in total. The summed E-state index contributed by atoms with van der Waals surface area (Å²) in [5.74, 6) is -0.564. The van der Waals surface area contributed by atoms with Crippen LogP contribution >= 0.6 is 11.8 Å². The number of hydrogen-bond donors (Lipinski definition) is 1. The van der Waals surface area contributed by atoms with Crippen LogP contribution in [0.25, 0.3) is 10.9 Å². The molecule has 2 heterocycles. The van der Waals surface area contributed by atoms with E-state index in [1.165, 1.54) is 0 Å². The Kier molecular flexibility index (Phi) is 3.42. The van der Waals surface area contributed by atoms with E-state index in [1.807, 2.05) is 0 Å². The lowest BCUT2D eigenvalue weighted by molar-refractivity contribution is 0.0684. The second-order valence-electron chi connectivity index (χ2n) is 5.25. The molecule has 2 amide bonds. The third kappa shape index (κ3) is 2.30. The van der Waals surface area contributed by atoms with Gasteiger partial charge in [-0.15, -0.1) is 0 Å². The molecule has 0 saturated carbocycles. The number of benzene rings is 2. The highest BCUT2D eigenvalue weighted by Crippen LogP contribution is 2.25. The number of hydrogen-bond acceptors (Lipinski definition) is 5.